The quantitative estimate of drug-likeness (QED) is 0.160. The van der Waals surface area contributed by atoms with E-state index in [1.54, 1.807) is 7.11 Å². The zero-order valence-electron chi connectivity index (χ0n) is 28.6. The lowest BCUT2D eigenvalue weighted by Gasteiger charge is -2.36. The molecule has 0 unspecified atom stereocenters. The Balaban J connectivity index is 1.11. The number of aromatic amines is 1. The molecule has 0 bridgehead atoms. The monoisotopic (exact) mass is 667 g/mol. The van der Waals surface area contributed by atoms with Crippen LogP contribution in [-0.2, 0) is 27.2 Å². The highest BCUT2D eigenvalue weighted by Gasteiger charge is 2.51. The second kappa shape index (κ2) is 14.7. The first kappa shape index (κ1) is 34.0. The number of likely N-dealkylation sites (tertiary alicyclic amines) is 1. The average molecular weight is 668 g/mol. The summed E-state index contributed by atoms with van der Waals surface area (Å²) in [5.41, 5.74) is 4.23. The van der Waals surface area contributed by atoms with Crippen LogP contribution in [0.25, 0.3) is 10.9 Å². The first-order valence-electron chi connectivity index (χ1n) is 17.3. The lowest BCUT2D eigenvalue weighted by molar-refractivity contribution is -0.135. The molecule has 3 aromatic carbocycles. The Hall–Kier alpha value is -3.92. The molecule has 48 heavy (non-hydrogen) atoms. The standard InChI is InChI=1S/C39H49N3O5Si/c1-26-35(20-13-27-11-14-29(15-12-27)41-37(44)22-28-24-40-34-10-6-5-9-33(28)34)47-36(23-38(45)42-21-7-8-30(42)25-43)39(26)48(3,4)32-18-16-31(46-2)17-19-32/h5-6,9-12,14-19,24,26,30,35-36,39-40,43H,7-8,13,20-23,25H2,1-4H3,(H,41,44)/t26-,30+,35+,36-,39+/m1/s1. The van der Waals surface area contributed by atoms with Crippen molar-refractivity contribution in [1.82, 2.24) is 9.88 Å². The molecule has 3 heterocycles. The highest BCUT2D eigenvalue weighted by atomic mass is 28.3. The fraction of sp³-hybridized carbons (Fsp3) is 0.436. The maximum absolute atomic E-state index is 13.6. The van der Waals surface area contributed by atoms with Crippen LogP contribution in [0.3, 0.4) is 0 Å². The maximum Gasteiger partial charge on any atom is 0.228 e. The molecular formula is C39H49N3O5Si. The lowest BCUT2D eigenvalue weighted by Crippen LogP contribution is -2.51. The number of rotatable bonds is 12. The van der Waals surface area contributed by atoms with E-state index in [4.69, 9.17) is 9.47 Å². The number of carbonyl (C=O) groups excluding carboxylic acids is 2. The number of methoxy groups -OCH3 is 1. The lowest BCUT2D eigenvalue weighted by atomic mass is 9.95. The van der Waals surface area contributed by atoms with Gasteiger partial charge >= 0.3 is 0 Å². The maximum atomic E-state index is 13.6. The van der Waals surface area contributed by atoms with Crippen LogP contribution in [-0.4, -0.2) is 73.4 Å². The predicted octanol–water partition coefficient (Wildman–Crippen LogP) is 6.05. The van der Waals surface area contributed by atoms with Crippen molar-refractivity contribution in [3.63, 3.8) is 0 Å². The van der Waals surface area contributed by atoms with Gasteiger partial charge in [0.05, 0.1) is 52.9 Å². The fourth-order valence-electron chi connectivity index (χ4n) is 8.21. The number of aliphatic hydroxyl groups is 1. The number of anilines is 1. The van der Waals surface area contributed by atoms with Gasteiger partial charge in [-0.3, -0.25) is 9.59 Å². The van der Waals surface area contributed by atoms with Gasteiger partial charge in [0.15, 0.2) is 0 Å². The summed E-state index contributed by atoms with van der Waals surface area (Å²) in [4.78, 5) is 31.6. The van der Waals surface area contributed by atoms with Crippen molar-refractivity contribution >= 4 is 41.7 Å². The molecule has 4 aromatic rings. The van der Waals surface area contributed by atoms with Crippen molar-refractivity contribution < 1.29 is 24.2 Å². The molecule has 5 atom stereocenters. The van der Waals surface area contributed by atoms with E-state index in [1.807, 2.05) is 59.6 Å². The molecule has 9 heteroatoms. The van der Waals surface area contributed by atoms with Crippen LogP contribution in [0, 0.1) is 5.92 Å². The molecule has 0 radical (unpaired) electrons. The summed E-state index contributed by atoms with van der Waals surface area (Å²) in [5.74, 6) is 1.17. The van der Waals surface area contributed by atoms with E-state index in [9.17, 15) is 14.7 Å². The normalized spacial score (nSPS) is 22.7. The van der Waals surface area contributed by atoms with E-state index >= 15 is 0 Å². The first-order chi connectivity index (χ1) is 23.2. The third kappa shape index (κ3) is 7.23. The third-order valence-electron chi connectivity index (χ3n) is 10.8. The van der Waals surface area contributed by atoms with Crippen LogP contribution in [0.4, 0.5) is 5.69 Å². The number of para-hydroxylation sites is 1. The number of H-pyrrole nitrogens is 1. The molecule has 2 fully saturated rings. The van der Waals surface area contributed by atoms with Gasteiger partial charge in [0.2, 0.25) is 11.8 Å². The topological polar surface area (TPSA) is 104 Å². The molecule has 0 aliphatic carbocycles. The summed E-state index contributed by atoms with van der Waals surface area (Å²) in [5, 5.41) is 15.3. The molecule has 3 N–H and O–H groups in total. The Morgan fingerprint density at radius 1 is 1.04 bits per heavy atom. The Morgan fingerprint density at radius 2 is 1.79 bits per heavy atom. The molecule has 1 aromatic heterocycles. The summed E-state index contributed by atoms with van der Waals surface area (Å²) >= 11 is 0. The molecule has 254 valence electrons. The zero-order chi connectivity index (χ0) is 33.8. The van der Waals surface area contributed by atoms with Gasteiger partial charge in [-0.2, -0.15) is 0 Å². The zero-order valence-corrected chi connectivity index (χ0v) is 29.6. The highest BCUT2D eigenvalue weighted by Crippen LogP contribution is 2.46. The summed E-state index contributed by atoms with van der Waals surface area (Å²) < 4.78 is 12.3. The Morgan fingerprint density at radius 3 is 2.52 bits per heavy atom. The van der Waals surface area contributed by atoms with E-state index in [0.29, 0.717) is 19.4 Å². The van der Waals surface area contributed by atoms with Crippen LogP contribution in [0.2, 0.25) is 18.6 Å². The molecule has 2 aliphatic rings. The largest absolute Gasteiger partial charge is 0.497 e. The predicted molar refractivity (Wildman–Crippen MR) is 194 cm³/mol. The Kier molecular flexibility index (Phi) is 10.4. The second-order valence-electron chi connectivity index (χ2n) is 14.1. The number of ether oxygens (including phenoxy) is 2. The summed E-state index contributed by atoms with van der Waals surface area (Å²) in [7, 11) is -0.410. The van der Waals surface area contributed by atoms with Gasteiger partial charge in [-0.25, -0.2) is 0 Å². The molecule has 2 amide bonds. The fourth-order valence-corrected chi connectivity index (χ4v) is 12.3. The van der Waals surface area contributed by atoms with Crippen molar-refractivity contribution in [2.24, 2.45) is 5.92 Å². The molecule has 0 spiro atoms. The first-order valence-corrected chi connectivity index (χ1v) is 20.4. The van der Waals surface area contributed by atoms with Gasteiger partial charge < -0.3 is 29.8 Å². The molecule has 2 aliphatic heterocycles. The number of aliphatic hydroxyl groups excluding tert-OH is 1. The summed E-state index contributed by atoms with van der Waals surface area (Å²) in [6.07, 6.45) is 5.90. The third-order valence-corrected chi connectivity index (χ3v) is 15.2. The number of amides is 2. The molecule has 0 saturated carbocycles. The number of carbonyl (C=O) groups is 2. The average Bonchev–Trinajstić information content (AvgIpc) is 3.82. The SMILES string of the molecule is COc1ccc([Si](C)(C)[C@H]2[C@H](C)[C@H](CCc3ccc(NC(=O)Cc4c[nH]c5ccccc45)cc3)O[C@@H]2CC(=O)N2CCC[C@H]2CO)cc1. The van der Waals surface area contributed by atoms with Crippen molar-refractivity contribution in [3.05, 3.63) is 90.1 Å². The van der Waals surface area contributed by atoms with Crippen LogP contribution >= 0.6 is 0 Å². The molecule has 6 rings (SSSR count). The van der Waals surface area contributed by atoms with Crippen LogP contribution in [0.1, 0.15) is 43.7 Å². The van der Waals surface area contributed by atoms with Crippen molar-refractivity contribution in [1.29, 1.82) is 0 Å². The number of hydrogen-bond donors (Lipinski definition) is 3. The van der Waals surface area contributed by atoms with Crippen molar-refractivity contribution in [2.75, 3.05) is 25.6 Å². The van der Waals surface area contributed by atoms with Crippen molar-refractivity contribution in [2.45, 2.75) is 82.3 Å². The Labute approximate surface area is 284 Å². The summed E-state index contributed by atoms with van der Waals surface area (Å²) in [6, 6.07) is 24.5. The number of nitrogens with one attached hydrogen (secondary N) is 2. The number of aromatic nitrogens is 1. The number of fused-ring (bicyclic) bond motifs is 1. The van der Waals surface area contributed by atoms with Gasteiger partial charge in [-0.05, 0) is 78.6 Å². The highest BCUT2D eigenvalue weighted by molar-refractivity contribution is 6.91. The van der Waals surface area contributed by atoms with Gasteiger partial charge in [-0.15, -0.1) is 0 Å². The van der Waals surface area contributed by atoms with Gasteiger partial charge in [0.1, 0.15) is 5.75 Å². The minimum Gasteiger partial charge on any atom is -0.497 e. The minimum absolute atomic E-state index is 0.0123. The van der Waals surface area contributed by atoms with Gasteiger partial charge in [0.25, 0.3) is 0 Å². The van der Waals surface area contributed by atoms with E-state index in [1.165, 1.54) is 10.8 Å². The smallest absolute Gasteiger partial charge is 0.228 e. The number of benzene rings is 3. The van der Waals surface area contributed by atoms with E-state index in [2.05, 4.69) is 54.6 Å². The summed E-state index contributed by atoms with van der Waals surface area (Å²) in [6.45, 7) is 7.82. The van der Waals surface area contributed by atoms with E-state index < -0.39 is 8.07 Å². The van der Waals surface area contributed by atoms with Gasteiger partial charge in [-0.1, -0.05) is 67.7 Å². The number of aryl methyl sites for hydroxylation is 1. The van der Waals surface area contributed by atoms with Crippen LogP contribution in [0.5, 0.6) is 5.75 Å². The molecule has 8 nitrogen and oxygen atoms in total. The van der Waals surface area contributed by atoms with Gasteiger partial charge in [0, 0.05) is 29.3 Å². The minimum atomic E-state index is -2.10. The van der Waals surface area contributed by atoms with Crippen LogP contribution in [0.15, 0.2) is 79.0 Å². The van der Waals surface area contributed by atoms with E-state index in [0.717, 1.165) is 53.6 Å². The van der Waals surface area contributed by atoms with Crippen LogP contribution < -0.4 is 15.2 Å². The number of nitrogens with zero attached hydrogens (tertiary/aromatic N) is 1. The molecule has 2 saturated heterocycles. The molecular weight excluding hydrogens is 619 g/mol. The number of hydrogen-bond acceptors (Lipinski definition) is 5. The van der Waals surface area contributed by atoms with Crippen molar-refractivity contribution in [3.8, 4) is 5.75 Å². The second-order valence-corrected chi connectivity index (χ2v) is 18.8. The van der Waals surface area contributed by atoms with E-state index in [-0.39, 0.29) is 48.1 Å². The Bertz CT molecular complexity index is 1700.